The number of unbranched alkanes of at least 4 members (excludes halogenated alkanes) is 3. The Kier molecular flexibility index (Phi) is 9.13. The van der Waals surface area contributed by atoms with E-state index in [1.165, 1.54) is 19.3 Å². The third-order valence-corrected chi connectivity index (χ3v) is 5.21. The quantitative estimate of drug-likeness (QED) is 0.262. The number of nitrogens with zero attached hydrogens (tertiary/aromatic N) is 2. The highest BCUT2D eigenvalue weighted by atomic mass is 19.4. The summed E-state index contributed by atoms with van der Waals surface area (Å²) in [6, 6.07) is 14.5. The predicted molar refractivity (Wildman–Crippen MR) is 130 cm³/mol. The van der Waals surface area contributed by atoms with Gasteiger partial charge < -0.3 is 15.4 Å². The molecule has 3 rings (SSSR count). The summed E-state index contributed by atoms with van der Waals surface area (Å²) in [5.74, 6) is 0.478. The Hall–Kier alpha value is -3.29. The van der Waals surface area contributed by atoms with Gasteiger partial charge in [0.25, 0.3) is 0 Å². The van der Waals surface area contributed by atoms with Gasteiger partial charge in [-0.15, -0.1) is 0 Å². The van der Waals surface area contributed by atoms with E-state index >= 15 is 0 Å². The van der Waals surface area contributed by atoms with Crippen molar-refractivity contribution in [2.45, 2.75) is 58.5 Å². The van der Waals surface area contributed by atoms with Gasteiger partial charge in [-0.2, -0.15) is 18.2 Å². The van der Waals surface area contributed by atoms with Gasteiger partial charge in [0.05, 0.1) is 6.61 Å². The second kappa shape index (κ2) is 12.3. The minimum atomic E-state index is -4.58. The predicted octanol–water partition coefficient (Wildman–Crippen LogP) is 7.89. The van der Waals surface area contributed by atoms with Crippen LogP contribution in [0.1, 0.15) is 57.1 Å². The molecule has 1 heterocycles. The van der Waals surface area contributed by atoms with Crippen LogP contribution in [0.2, 0.25) is 0 Å². The summed E-state index contributed by atoms with van der Waals surface area (Å²) in [6.07, 6.45) is 2.73. The maximum atomic E-state index is 13.6. The normalized spacial score (nSPS) is 11.3. The number of ether oxygens (including phenoxy) is 1. The number of nitrogens with one attached hydrogen (secondary N) is 2. The molecule has 3 aromatic rings. The Balaban J connectivity index is 1.73. The number of anilines is 4. The fourth-order valence-corrected chi connectivity index (χ4v) is 3.38. The molecule has 0 saturated heterocycles. The van der Waals surface area contributed by atoms with E-state index in [0.717, 1.165) is 36.8 Å². The molecule has 0 atom stereocenters. The molecule has 0 aliphatic rings. The van der Waals surface area contributed by atoms with Gasteiger partial charge in [0.15, 0.2) is 0 Å². The van der Waals surface area contributed by atoms with Crippen LogP contribution >= 0.6 is 0 Å². The number of hydrogen-bond acceptors (Lipinski definition) is 5. The number of hydrogen-bond donors (Lipinski definition) is 2. The highest BCUT2D eigenvalue weighted by molar-refractivity contribution is 5.63. The lowest BCUT2D eigenvalue weighted by atomic mass is 10.1. The molecule has 0 saturated carbocycles. The largest absolute Gasteiger partial charge is 0.494 e. The van der Waals surface area contributed by atoms with E-state index in [1.807, 2.05) is 19.1 Å². The van der Waals surface area contributed by atoms with Gasteiger partial charge >= 0.3 is 6.18 Å². The van der Waals surface area contributed by atoms with Crippen LogP contribution in [0.15, 0.2) is 54.7 Å². The summed E-state index contributed by atoms with van der Waals surface area (Å²) in [7, 11) is 0. The van der Waals surface area contributed by atoms with E-state index in [-0.39, 0.29) is 11.8 Å². The lowest BCUT2D eigenvalue weighted by Gasteiger charge is -2.15. The maximum Gasteiger partial charge on any atom is 0.421 e. The van der Waals surface area contributed by atoms with Crippen LogP contribution in [0.25, 0.3) is 0 Å². The lowest BCUT2D eigenvalue weighted by Crippen LogP contribution is -2.12. The van der Waals surface area contributed by atoms with Gasteiger partial charge in [-0.25, -0.2) is 4.98 Å². The molecule has 0 aliphatic heterocycles. The van der Waals surface area contributed by atoms with E-state index in [0.29, 0.717) is 18.0 Å². The summed E-state index contributed by atoms with van der Waals surface area (Å²) < 4.78 is 46.2. The van der Waals surface area contributed by atoms with E-state index in [9.17, 15) is 13.2 Å². The number of halogens is 3. The molecule has 0 bridgehead atoms. The zero-order valence-corrected chi connectivity index (χ0v) is 19.6. The molecule has 0 spiro atoms. The van der Waals surface area contributed by atoms with Gasteiger partial charge in [0.1, 0.15) is 17.1 Å². The molecule has 0 radical (unpaired) electrons. The molecule has 1 aromatic heterocycles. The molecular formula is C26H31F3N4O. The molecule has 0 amide bonds. The summed E-state index contributed by atoms with van der Waals surface area (Å²) in [5, 5.41) is 5.76. The molecule has 8 heteroatoms. The van der Waals surface area contributed by atoms with Crippen molar-refractivity contribution in [1.82, 2.24) is 9.97 Å². The Labute approximate surface area is 198 Å². The summed E-state index contributed by atoms with van der Waals surface area (Å²) >= 11 is 0. The standard InChI is InChI=1S/C26H31F3N4O/c1-3-5-6-7-8-19-9-11-20(12-10-19)31-24-23(26(27,28)29)18-30-25(33-24)32-21-13-15-22(16-14-21)34-17-4-2/h9-16,18H,3-8,17H2,1-2H3,(H2,30,31,32,33). The highest BCUT2D eigenvalue weighted by Crippen LogP contribution is 2.35. The van der Waals surface area contributed by atoms with E-state index in [4.69, 9.17) is 4.74 Å². The molecule has 2 N–H and O–H groups in total. The third kappa shape index (κ3) is 7.64. The SMILES string of the molecule is CCCCCCc1ccc(Nc2nc(Nc3ccc(OCCC)cc3)ncc2C(F)(F)F)cc1. The van der Waals surface area contributed by atoms with E-state index < -0.39 is 11.7 Å². The van der Waals surface area contributed by atoms with Crippen molar-refractivity contribution in [2.24, 2.45) is 0 Å². The molecule has 34 heavy (non-hydrogen) atoms. The fourth-order valence-electron chi connectivity index (χ4n) is 3.38. The van der Waals surface area contributed by atoms with Crippen LogP contribution in [-0.4, -0.2) is 16.6 Å². The summed E-state index contributed by atoms with van der Waals surface area (Å²) in [6.45, 7) is 4.80. The Morgan fingerprint density at radius 3 is 2.15 bits per heavy atom. The van der Waals surface area contributed by atoms with Crippen LogP contribution < -0.4 is 15.4 Å². The second-order valence-electron chi connectivity index (χ2n) is 8.08. The molecule has 5 nitrogen and oxygen atoms in total. The lowest BCUT2D eigenvalue weighted by molar-refractivity contribution is -0.137. The molecule has 2 aromatic carbocycles. The number of alkyl halides is 3. The van der Waals surface area contributed by atoms with E-state index in [2.05, 4.69) is 27.5 Å². The Morgan fingerprint density at radius 2 is 1.50 bits per heavy atom. The molecule has 0 unspecified atom stereocenters. The minimum absolute atomic E-state index is 0.0604. The number of rotatable bonds is 12. The first-order valence-corrected chi connectivity index (χ1v) is 11.7. The van der Waals surface area contributed by atoms with Crippen molar-refractivity contribution in [3.8, 4) is 5.75 Å². The smallest absolute Gasteiger partial charge is 0.421 e. The summed E-state index contributed by atoms with van der Waals surface area (Å²) in [4.78, 5) is 7.97. The fraction of sp³-hybridized carbons (Fsp3) is 0.385. The number of benzene rings is 2. The van der Waals surface area contributed by atoms with Crippen LogP contribution in [-0.2, 0) is 12.6 Å². The van der Waals surface area contributed by atoms with Crippen LogP contribution in [0.5, 0.6) is 5.75 Å². The van der Waals surface area contributed by atoms with Crippen LogP contribution in [0.3, 0.4) is 0 Å². The van der Waals surface area contributed by atoms with Crippen molar-refractivity contribution in [3.05, 3.63) is 65.9 Å². The van der Waals surface area contributed by atoms with E-state index in [1.54, 1.807) is 36.4 Å². The average Bonchev–Trinajstić information content (AvgIpc) is 2.82. The van der Waals surface area contributed by atoms with Crippen molar-refractivity contribution in [2.75, 3.05) is 17.2 Å². The topological polar surface area (TPSA) is 59.1 Å². The van der Waals surface area contributed by atoms with Crippen molar-refractivity contribution in [1.29, 1.82) is 0 Å². The Bertz CT molecular complexity index is 1020. The van der Waals surface area contributed by atoms with Crippen molar-refractivity contribution >= 4 is 23.1 Å². The average molecular weight is 473 g/mol. The third-order valence-electron chi connectivity index (χ3n) is 5.21. The van der Waals surface area contributed by atoms with Gasteiger partial charge in [-0.05, 0) is 61.2 Å². The van der Waals surface area contributed by atoms with Crippen molar-refractivity contribution in [3.63, 3.8) is 0 Å². The molecular weight excluding hydrogens is 441 g/mol. The summed E-state index contributed by atoms with van der Waals surface area (Å²) in [5.41, 5.74) is 1.41. The monoisotopic (exact) mass is 472 g/mol. The van der Waals surface area contributed by atoms with Gasteiger partial charge in [-0.3, -0.25) is 0 Å². The van der Waals surface area contributed by atoms with Crippen molar-refractivity contribution < 1.29 is 17.9 Å². The van der Waals surface area contributed by atoms with Gasteiger partial charge in [0, 0.05) is 17.6 Å². The molecule has 0 fully saturated rings. The first-order valence-electron chi connectivity index (χ1n) is 11.7. The minimum Gasteiger partial charge on any atom is -0.494 e. The Morgan fingerprint density at radius 1 is 0.824 bits per heavy atom. The highest BCUT2D eigenvalue weighted by Gasteiger charge is 2.35. The maximum absolute atomic E-state index is 13.6. The first kappa shape index (κ1) is 25.3. The van der Waals surface area contributed by atoms with Gasteiger partial charge in [0.2, 0.25) is 5.95 Å². The van der Waals surface area contributed by atoms with Gasteiger partial charge in [-0.1, -0.05) is 45.2 Å². The van der Waals surface area contributed by atoms with Crippen LogP contribution in [0, 0.1) is 0 Å². The number of aromatic nitrogens is 2. The first-order chi connectivity index (χ1) is 16.4. The molecule has 0 aliphatic carbocycles. The zero-order chi connectivity index (χ0) is 24.4. The zero-order valence-electron chi connectivity index (χ0n) is 19.6. The second-order valence-corrected chi connectivity index (χ2v) is 8.08. The van der Waals surface area contributed by atoms with Crippen LogP contribution in [0.4, 0.5) is 36.3 Å². The number of aryl methyl sites for hydroxylation is 1. The molecule has 182 valence electrons.